The van der Waals surface area contributed by atoms with Crippen LogP contribution in [0.3, 0.4) is 0 Å². The van der Waals surface area contributed by atoms with E-state index in [4.69, 9.17) is 11.6 Å². The molecule has 1 N–H and O–H groups in total. The van der Waals surface area contributed by atoms with Gasteiger partial charge in [-0.3, -0.25) is 9.59 Å². The van der Waals surface area contributed by atoms with Crippen molar-refractivity contribution in [1.29, 1.82) is 0 Å². The Hall–Kier alpha value is -0.770. The van der Waals surface area contributed by atoms with Crippen molar-refractivity contribution in [1.82, 2.24) is 10.2 Å². The molecule has 1 atom stereocenters. The van der Waals surface area contributed by atoms with Crippen molar-refractivity contribution in [3.63, 3.8) is 0 Å². The summed E-state index contributed by atoms with van der Waals surface area (Å²) in [5.41, 5.74) is 0. The highest BCUT2D eigenvalue weighted by Gasteiger charge is 2.16. The van der Waals surface area contributed by atoms with Crippen LogP contribution in [-0.2, 0) is 9.59 Å². The lowest BCUT2D eigenvalue weighted by atomic mass is 10.2. The number of carbonyl (C=O) groups excluding carboxylic acids is 2. The summed E-state index contributed by atoms with van der Waals surface area (Å²) in [6, 6.07) is 0. The molecular weight excluding hydrogens is 204 g/mol. The Kier molecular flexibility index (Phi) is 6.28. The molecule has 0 aromatic heterocycles. The zero-order valence-corrected chi connectivity index (χ0v) is 9.60. The van der Waals surface area contributed by atoms with E-state index in [1.807, 2.05) is 0 Å². The summed E-state index contributed by atoms with van der Waals surface area (Å²) >= 11 is 5.55. The van der Waals surface area contributed by atoms with Gasteiger partial charge in [0.2, 0.25) is 11.8 Å². The van der Waals surface area contributed by atoms with E-state index in [0.717, 1.165) is 0 Å². The summed E-state index contributed by atoms with van der Waals surface area (Å²) in [4.78, 5) is 23.9. The zero-order valence-electron chi connectivity index (χ0n) is 8.84. The third kappa shape index (κ3) is 4.46. The van der Waals surface area contributed by atoms with Crippen molar-refractivity contribution >= 4 is 23.4 Å². The molecule has 0 fully saturated rings. The third-order valence-corrected chi connectivity index (χ3v) is 2.45. The molecule has 0 aliphatic rings. The lowest BCUT2D eigenvalue weighted by molar-refractivity contribution is -0.133. The van der Waals surface area contributed by atoms with Crippen LogP contribution in [0.15, 0.2) is 0 Å². The van der Waals surface area contributed by atoms with Crippen molar-refractivity contribution in [2.24, 2.45) is 5.92 Å². The van der Waals surface area contributed by atoms with Crippen molar-refractivity contribution < 1.29 is 9.59 Å². The molecule has 1 unspecified atom stereocenters. The molecule has 0 bridgehead atoms. The van der Waals surface area contributed by atoms with Crippen LogP contribution in [0, 0.1) is 5.92 Å². The zero-order chi connectivity index (χ0) is 11.1. The summed E-state index contributed by atoms with van der Waals surface area (Å²) in [6.07, 6.45) is 0.327. The Labute approximate surface area is 89.6 Å². The maximum absolute atomic E-state index is 11.5. The number of alkyl halides is 1. The highest BCUT2D eigenvalue weighted by atomic mass is 35.5. The van der Waals surface area contributed by atoms with E-state index >= 15 is 0 Å². The highest BCUT2D eigenvalue weighted by Crippen LogP contribution is 2.03. The first kappa shape index (κ1) is 13.2. The molecule has 0 saturated heterocycles. The maximum Gasteiger partial charge on any atom is 0.226 e. The predicted octanol–water partition coefficient (Wildman–Crippen LogP) is 0.456. The van der Waals surface area contributed by atoms with E-state index in [-0.39, 0.29) is 17.7 Å². The van der Waals surface area contributed by atoms with Gasteiger partial charge in [0.05, 0.1) is 0 Å². The number of nitrogens with zero attached hydrogens (tertiary/aromatic N) is 1. The first-order valence-corrected chi connectivity index (χ1v) is 5.07. The molecule has 5 heteroatoms. The fourth-order valence-corrected chi connectivity index (χ4v) is 1.08. The quantitative estimate of drug-likeness (QED) is 0.685. The average Bonchev–Trinajstić information content (AvgIpc) is 2.22. The van der Waals surface area contributed by atoms with Crippen LogP contribution in [0.25, 0.3) is 0 Å². The van der Waals surface area contributed by atoms with Crippen molar-refractivity contribution in [2.75, 3.05) is 26.5 Å². The number of amides is 2. The largest absolute Gasteiger partial charge is 0.359 e. The molecule has 0 aromatic carbocycles. The van der Waals surface area contributed by atoms with Crippen LogP contribution in [-0.4, -0.2) is 43.2 Å². The van der Waals surface area contributed by atoms with Gasteiger partial charge in [0.25, 0.3) is 0 Å². The van der Waals surface area contributed by atoms with Crippen LogP contribution >= 0.6 is 11.6 Å². The number of rotatable bonds is 5. The van der Waals surface area contributed by atoms with E-state index in [1.165, 1.54) is 4.90 Å². The van der Waals surface area contributed by atoms with Crippen LogP contribution in [0.1, 0.15) is 13.3 Å². The van der Waals surface area contributed by atoms with Gasteiger partial charge in [0, 0.05) is 38.9 Å². The maximum atomic E-state index is 11.5. The summed E-state index contributed by atoms with van der Waals surface area (Å²) < 4.78 is 0. The number of halogens is 1. The molecule has 0 saturated carbocycles. The first-order valence-electron chi connectivity index (χ1n) is 4.54. The summed E-state index contributed by atoms with van der Waals surface area (Å²) in [6.45, 7) is 2.20. The lowest BCUT2D eigenvalue weighted by Crippen LogP contribution is -2.35. The van der Waals surface area contributed by atoms with Crippen LogP contribution in [0.4, 0.5) is 0 Å². The van der Waals surface area contributed by atoms with Gasteiger partial charge in [-0.05, 0) is 0 Å². The second-order valence-electron chi connectivity index (χ2n) is 3.24. The monoisotopic (exact) mass is 220 g/mol. The van der Waals surface area contributed by atoms with Crippen molar-refractivity contribution in [2.45, 2.75) is 13.3 Å². The van der Waals surface area contributed by atoms with Gasteiger partial charge in [-0.1, -0.05) is 6.92 Å². The molecule has 2 amide bonds. The Balaban J connectivity index is 3.90. The minimum atomic E-state index is -0.189. The topological polar surface area (TPSA) is 49.4 Å². The van der Waals surface area contributed by atoms with E-state index in [9.17, 15) is 9.59 Å². The molecule has 0 aromatic rings. The molecule has 0 rings (SSSR count). The first-order chi connectivity index (χ1) is 6.52. The predicted molar refractivity (Wildman–Crippen MR) is 56.2 cm³/mol. The van der Waals surface area contributed by atoms with E-state index < -0.39 is 0 Å². The van der Waals surface area contributed by atoms with Gasteiger partial charge in [-0.2, -0.15) is 0 Å². The Bertz CT molecular complexity index is 209. The van der Waals surface area contributed by atoms with E-state index in [0.29, 0.717) is 18.8 Å². The molecule has 0 aliphatic heterocycles. The molecule has 0 spiro atoms. The molecule has 0 aliphatic carbocycles. The molecule has 14 heavy (non-hydrogen) atoms. The highest BCUT2D eigenvalue weighted by molar-refractivity contribution is 6.19. The fourth-order valence-electron chi connectivity index (χ4n) is 0.947. The molecule has 82 valence electrons. The summed E-state index contributed by atoms with van der Waals surface area (Å²) in [5.74, 6) is 0.0295. The van der Waals surface area contributed by atoms with Gasteiger partial charge in [0.1, 0.15) is 0 Å². The van der Waals surface area contributed by atoms with Gasteiger partial charge >= 0.3 is 0 Å². The minimum absolute atomic E-state index is 0.0242. The number of hydrogen-bond acceptors (Lipinski definition) is 2. The smallest absolute Gasteiger partial charge is 0.226 e. The van der Waals surface area contributed by atoms with E-state index in [1.54, 1.807) is 21.0 Å². The number of nitrogens with one attached hydrogen (secondary N) is 1. The molecule has 4 nitrogen and oxygen atoms in total. The van der Waals surface area contributed by atoms with Crippen molar-refractivity contribution in [3.8, 4) is 0 Å². The van der Waals surface area contributed by atoms with Crippen molar-refractivity contribution in [3.05, 3.63) is 0 Å². The van der Waals surface area contributed by atoms with Crippen LogP contribution < -0.4 is 5.32 Å². The Morgan fingerprint density at radius 3 is 2.50 bits per heavy atom. The number of hydrogen-bond donors (Lipinski definition) is 1. The van der Waals surface area contributed by atoms with Gasteiger partial charge in [-0.15, -0.1) is 11.6 Å². The third-order valence-electron chi connectivity index (χ3n) is 1.98. The SMILES string of the molecule is CNC(=O)CCN(C)C(=O)C(C)CCl. The van der Waals surface area contributed by atoms with Gasteiger partial charge in [0.15, 0.2) is 0 Å². The fraction of sp³-hybridized carbons (Fsp3) is 0.778. The minimum Gasteiger partial charge on any atom is -0.359 e. The Morgan fingerprint density at radius 2 is 2.07 bits per heavy atom. The van der Waals surface area contributed by atoms with Gasteiger partial charge in [-0.25, -0.2) is 0 Å². The molecule has 0 heterocycles. The van der Waals surface area contributed by atoms with Crippen LogP contribution in [0.2, 0.25) is 0 Å². The number of carbonyl (C=O) groups is 2. The molecular formula is C9H17ClN2O2. The second-order valence-corrected chi connectivity index (χ2v) is 3.55. The standard InChI is InChI=1S/C9H17ClN2O2/c1-7(6-10)9(14)12(3)5-4-8(13)11-2/h7H,4-6H2,1-3H3,(H,11,13). The lowest BCUT2D eigenvalue weighted by Gasteiger charge is -2.19. The average molecular weight is 221 g/mol. The van der Waals surface area contributed by atoms with E-state index in [2.05, 4.69) is 5.32 Å². The normalized spacial score (nSPS) is 12.0. The van der Waals surface area contributed by atoms with Gasteiger partial charge < -0.3 is 10.2 Å². The Morgan fingerprint density at radius 1 is 1.50 bits per heavy atom. The second kappa shape index (κ2) is 6.65. The summed E-state index contributed by atoms with van der Waals surface area (Å²) in [7, 11) is 3.25. The molecule has 0 radical (unpaired) electrons. The van der Waals surface area contributed by atoms with Crippen LogP contribution in [0.5, 0.6) is 0 Å². The summed E-state index contributed by atoms with van der Waals surface area (Å²) in [5, 5.41) is 2.50.